The van der Waals surface area contributed by atoms with Crippen molar-refractivity contribution < 1.29 is 0 Å². The lowest BCUT2D eigenvalue weighted by atomic mass is 9.91. The molecule has 92 valence electrons. The van der Waals surface area contributed by atoms with Crippen molar-refractivity contribution >= 4 is 11.3 Å². The van der Waals surface area contributed by atoms with Crippen molar-refractivity contribution in [2.75, 3.05) is 14.1 Å². The van der Waals surface area contributed by atoms with Gasteiger partial charge in [0.25, 0.3) is 0 Å². The second kappa shape index (κ2) is 5.30. The average Bonchev–Trinajstić information content (AvgIpc) is 2.65. The largest absolute Gasteiger partial charge is 0.326 e. The Hall–Kier alpha value is -0.380. The highest BCUT2D eigenvalue weighted by Gasteiger charge is 2.28. The maximum Gasteiger partial charge on any atom is 0.0301 e. The number of rotatable bonds is 5. The molecule has 1 atom stereocenters. The van der Waals surface area contributed by atoms with Gasteiger partial charge in [0.2, 0.25) is 0 Å². The van der Waals surface area contributed by atoms with Gasteiger partial charge in [-0.25, -0.2) is 0 Å². The van der Waals surface area contributed by atoms with Gasteiger partial charge in [-0.3, -0.25) is 0 Å². The van der Waals surface area contributed by atoms with Crippen molar-refractivity contribution in [2.45, 2.75) is 45.2 Å². The van der Waals surface area contributed by atoms with E-state index in [-0.39, 0.29) is 11.6 Å². The van der Waals surface area contributed by atoms with Gasteiger partial charge >= 0.3 is 0 Å². The van der Waals surface area contributed by atoms with Crippen molar-refractivity contribution in [1.82, 2.24) is 4.90 Å². The van der Waals surface area contributed by atoms with E-state index in [2.05, 4.69) is 51.9 Å². The molecule has 0 spiro atoms. The van der Waals surface area contributed by atoms with Crippen LogP contribution in [0.25, 0.3) is 0 Å². The monoisotopic (exact) mass is 240 g/mol. The Balaban J connectivity index is 2.67. The minimum Gasteiger partial charge on any atom is -0.326 e. The van der Waals surface area contributed by atoms with Crippen LogP contribution in [-0.2, 0) is 12.8 Å². The van der Waals surface area contributed by atoms with Crippen LogP contribution in [0.5, 0.6) is 0 Å². The highest BCUT2D eigenvalue weighted by atomic mass is 32.1. The fourth-order valence-corrected chi connectivity index (χ4v) is 2.54. The third kappa shape index (κ3) is 3.06. The molecule has 16 heavy (non-hydrogen) atoms. The second-order valence-electron chi connectivity index (χ2n) is 5.08. The van der Waals surface area contributed by atoms with Crippen LogP contribution >= 0.6 is 11.3 Å². The lowest BCUT2D eigenvalue weighted by molar-refractivity contribution is 0.158. The van der Waals surface area contributed by atoms with E-state index in [4.69, 9.17) is 5.73 Å². The molecule has 0 saturated heterocycles. The zero-order valence-corrected chi connectivity index (χ0v) is 11.9. The molecule has 2 nitrogen and oxygen atoms in total. The lowest BCUT2D eigenvalue weighted by Gasteiger charge is -2.38. The zero-order chi connectivity index (χ0) is 12.3. The summed E-state index contributed by atoms with van der Waals surface area (Å²) in [7, 11) is 4.18. The molecule has 1 rings (SSSR count). The van der Waals surface area contributed by atoms with Gasteiger partial charge in [0.1, 0.15) is 0 Å². The van der Waals surface area contributed by atoms with E-state index < -0.39 is 0 Å². The van der Waals surface area contributed by atoms with Gasteiger partial charge in [0, 0.05) is 21.3 Å². The highest BCUT2D eigenvalue weighted by molar-refractivity contribution is 7.11. The molecular weight excluding hydrogens is 216 g/mol. The summed E-state index contributed by atoms with van der Waals surface area (Å²) in [4.78, 5) is 5.05. The zero-order valence-electron chi connectivity index (χ0n) is 11.1. The summed E-state index contributed by atoms with van der Waals surface area (Å²) in [6, 6.07) is 4.61. The van der Waals surface area contributed by atoms with Gasteiger partial charge in [0.15, 0.2) is 0 Å². The number of hydrogen-bond acceptors (Lipinski definition) is 3. The molecular formula is C13H24N2S. The van der Waals surface area contributed by atoms with Crippen molar-refractivity contribution in [3.63, 3.8) is 0 Å². The number of thiophene rings is 1. The minimum absolute atomic E-state index is 0.0381. The maximum atomic E-state index is 6.30. The molecule has 0 radical (unpaired) electrons. The second-order valence-corrected chi connectivity index (χ2v) is 6.33. The Bertz CT molecular complexity index is 328. The molecule has 0 amide bonds. The lowest BCUT2D eigenvalue weighted by Crippen LogP contribution is -2.53. The molecule has 3 heteroatoms. The van der Waals surface area contributed by atoms with Gasteiger partial charge in [-0.15, -0.1) is 11.3 Å². The van der Waals surface area contributed by atoms with E-state index in [1.165, 1.54) is 9.75 Å². The number of nitrogens with zero attached hydrogens (tertiary/aromatic N) is 1. The summed E-state index contributed by atoms with van der Waals surface area (Å²) in [6.45, 7) is 6.59. The number of hydrogen-bond donors (Lipinski definition) is 1. The molecule has 1 heterocycles. The Labute approximate surface area is 103 Å². The van der Waals surface area contributed by atoms with Crippen molar-refractivity contribution in [3.8, 4) is 0 Å². The highest BCUT2D eigenvalue weighted by Crippen LogP contribution is 2.22. The molecule has 0 aliphatic heterocycles. The first-order valence-corrected chi connectivity index (χ1v) is 6.70. The summed E-state index contributed by atoms with van der Waals surface area (Å²) >= 11 is 1.89. The first-order valence-electron chi connectivity index (χ1n) is 5.88. The number of aryl methyl sites for hydroxylation is 1. The fraction of sp³-hybridized carbons (Fsp3) is 0.692. The summed E-state index contributed by atoms with van der Waals surface area (Å²) in [6.07, 6.45) is 2.09. The summed E-state index contributed by atoms with van der Waals surface area (Å²) in [5.41, 5.74) is 6.34. The van der Waals surface area contributed by atoms with Crippen LogP contribution in [0.4, 0.5) is 0 Å². The smallest absolute Gasteiger partial charge is 0.0301 e. The molecule has 1 aromatic heterocycles. The van der Waals surface area contributed by atoms with E-state index in [0.717, 1.165) is 12.8 Å². The predicted octanol–water partition coefficient (Wildman–Crippen LogP) is 2.52. The van der Waals surface area contributed by atoms with Gasteiger partial charge < -0.3 is 10.6 Å². The van der Waals surface area contributed by atoms with E-state index in [1.807, 2.05) is 11.3 Å². The van der Waals surface area contributed by atoms with Crippen molar-refractivity contribution in [1.29, 1.82) is 0 Å². The predicted molar refractivity (Wildman–Crippen MR) is 73.1 cm³/mol. The van der Waals surface area contributed by atoms with E-state index in [9.17, 15) is 0 Å². The number of likely N-dealkylation sites (N-methyl/N-ethyl adjacent to an activating group) is 1. The van der Waals surface area contributed by atoms with Crippen LogP contribution in [0, 0.1) is 0 Å². The maximum absolute atomic E-state index is 6.30. The van der Waals surface area contributed by atoms with E-state index in [1.54, 1.807) is 0 Å². The Morgan fingerprint density at radius 2 is 1.88 bits per heavy atom. The molecule has 0 fully saturated rings. The van der Waals surface area contributed by atoms with Gasteiger partial charge in [0.05, 0.1) is 0 Å². The van der Waals surface area contributed by atoms with Crippen LogP contribution in [-0.4, -0.2) is 30.6 Å². The van der Waals surface area contributed by atoms with Crippen molar-refractivity contribution in [3.05, 3.63) is 21.9 Å². The Kier molecular flexibility index (Phi) is 4.53. The third-order valence-corrected chi connectivity index (χ3v) is 4.80. The minimum atomic E-state index is 0.0381. The SMILES string of the molecule is CCc1ccc(CC(N)C(C)(C)N(C)C)s1. The molecule has 2 N–H and O–H groups in total. The molecule has 0 bridgehead atoms. The molecule has 1 aromatic rings. The standard InChI is InChI=1S/C13H24N2S/c1-6-10-7-8-11(16-10)9-12(14)13(2,3)15(4)5/h7-8,12H,6,9,14H2,1-5H3. The third-order valence-electron chi connectivity index (χ3n) is 3.55. The molecule has 0 aromatic carbocycles. The average molecular weight is 240 g/mol. The Morgan fingerprint density at radius 3 is 2.31 bits per heavy atom. The van der Waals surface area contributed by atoms with E-state index in [0.29, 0.717) is 0 Å². The van der Waals surface area contributed by atoms with Crippen molar-refractivity contribution in [2.24, 2.45) is 5.73 Å². The van der Waals surface area contributed by atoms with E-state index >= 15 is 0 Å². The van der Waals surface area contributed by atoms with Gasteiger partial charge in [-0.05, 0) is 52.9 Å². The number of nitrogens with two attached hydrogens (primary N) is 1. The topological polar surface area (TPSA) is 29.3 Å². The summed E-state index contributed by atoms with van der Waals surface area (Å²) in [5, 5.41) is 0. The normalized spacial score (nSPS) is 14.4. The molecule has 0 aliphatic carbocycles. The molecule has 0 saturated carbocycles. The first kappa shape index (κ1) is 13.7. The first-order chi connectivity index (χ1) is 7.37. The van der Waals surface area contributed by atoms with Crippen LogP contribution < -0.4 is 5.73 Å². The van der Waals surface area contributed by atoms with Gasteiger partial charge in [-0.2, -0.15) is 0 Å². The van der Waals surface area contributed by atoms with Gasteiger partial charge in [-0.1, -0.05) is 6.92 Å². The molecule has 1 unspecified atom stereocenters. The van der Waals surface area contributed by atoms with Crippen LogP contribution in [0.3, 0.4) is 0 Å². The Morgan fingerprint density at radius 1 is 1.31 bits per heavy atom. The van der Waals surface area contributed by atoms with Crippen LogP contribution in [0.15, 0.2) is 12.1 Å². The quantitative estimate of drug-likeness (QED) is 0.857. The fourth-order valence-electron chi connectivity index (χ4n) is 1.52. The summed E-state index contributed by atoms with van der Waals surface area (Å²) < 4.78 is 0. The van der Waals surface area contributed by atoms with Crippen LogP contribution in [0.2, 0.25) is 0 Å². The summed E-state index contributed by atoms with van der Waals surface area (Å²) in [5.74, 6) is 0. The van der Waals surface area contributed by atoms with Crippen LogP contribution in [0.1, 0.15) is 30.5 Å². The molecule has 0 aliphatic rings.